The van der Waals surface area contributed by atoms with Gasteiger partial charge in [0, 0.05) is 6.54 Å². The van der Waals surface area contributed by atoms with E-state index >= 15 is 0 Å². The third kappa shape index (κ3) is 3.69. The number of para-hydroxylation sites is 1. The quantitative estimate of drug-likeness (QED) is 0.383. The van der Waals surface area contributed by atoms with Crippen molar-refractivity contribution < 1.29 is 14.1 Å². The van der Waals surface area contributed by atoms with Gasteiger partial charge in [0.05, 0.1) is 35.5 Å². The van der Waals surface area contributed by atoms with Crippen LogP contribution in [0.15, 0.2) is 44.9 Å². The Balaban J connectivity index is 1.74. The molecule has 0 saturated carbocycles. The molecule has 3 aromatic rings. The van der Waals surface area contributed by atoms with E-state index in [-0.39, 0.29) is 23.1 Å². The molecule has 0 aliphatic carbocycles. The molecule has 0 bridgehead atoms. The summed E-state index contributed by atoms with van der Waals surface area (Å²) in [5.41, 5.74) is 0.510. The number of nitrogens with zero attached hydrogens (tertiary/aromatic N) is 5. The number of hydrogen-bond donors (Lipinski definition) is 1. The number of rotatable bonds is 6. The smallest absolute Gasteiger partial charge is 0.288 e. The van der Waals surface area contributed by atoms with Crippen molar-refractivity contribution in [3.05, 3.63) is 40.8 Å². The van der Waals surface area contributed by atoms with Crippen molar-refractivity contribution in [2.45, 2.75) is 18.6 Å². The Labute approximate surface area is 153 Å². The van der Waals surface area contributed by atoms with Crippen molar-refractivity contribution in [2.75, 3.05) is 30.2 Å². The molecule has 0 aliphatic rings. The summed E-state index contributed by atoms with van der Waals surface area (Å²) in [6.07, 6.45) is 1.55. The van der Waals surface area contributed by atoms with Crippen molar-refractivity contribution in [3.8, 4) is 0 Å². The second-order valence-electron chi connectivity index (χ2n) is 5.63. The van der Waals surface area contributed by atoms with Crippen LogP contribution in [-0.4, -0.2) is 40.6 Å². The van der Waals surface area contributed by atoms with Crippen LogP contribution in [0.5, 0.6) is 0 Å². The molecular weight excluding hydrogens is 356 g/mol. The number of thioether (sulfide) groups is 1. The Morgan fingerprint density at radius 2 is 2.15 bits per heavy atom. The molecule has 1 N–H and O–H groups in total. The number of anilines is 1. The van der Waals surface area contributed by atoms with E-state index < -0.39 is 0 Å². The molecule has 3 rings (SSSR count). The second kappa shape index (κ2) is 7.56. The van der Waals surface area contributed by atoms with Crippen LogP contribution >= 0.6 is 11.8 Å². The van der Waals surface area contributed by atoms with E-state index in [0.29, 0.717) is 22.6 Å². The molecule has 10 heteroatoms. The maximum absolute atomic E-state index is 12.6. The molecule has 136 valence electrons. The molecule has 9 nitrogen and oxygen atoms in total. The van der Waals surface area contributed by atoms with Crippen LogP contribution in [0.4, 0.5) is 5.88 Å². The molecule has 2 aromatic heterocycles. The lowest BCUT2D eigenvalue weighted by molar-refractivity contribution is -0.753. The van der Waals surface area contributed by atoms with Gasteiger partial charge < -0.3 is 0 Å². The number of amides is 1. The lowest BCUT2D eigenvalue weighted by Gasteiger charge is -2.10. The molecule has 0 radical (unpaired) electrons. The number of fused-ring (bicyclic) bond motifs is 1. The zero-order valence-electron chi connectivity index (χ0n) is 14.7. The molecule has 0 fully saturated rings. The Morgan fingerprint density at radius 1 is 1.38 bits per heavy atom. The first kappa shape index (κ1) is 17.9. The van der Waals surface area contributed by atoms with Crippen LogP contribution < -0.4 is 20.7 Å². The molecule has 0 unspecified atom stereocenters. The van der Waals surface area contributed by atoms with Crippen LogP contribution in [0.1, 0.15) is 6.92 Å². The van der Waals surface area contributed by atoms with E-state index in [9.17, 15) is 9.59 Å². The first-order valence-corrected chi connectivity index (χ1v) is 8.96. The number of nitrogens with one attached hydrogen (secondary N) is 1. The van der Waals surface area contributed by atoms with E-state index in [1.807, 2.05) is 19.1 Å². The fourth-order valence-electron chi connectivity index (χ4n) is 2.32. The van der Waals surface area contributed by atoms with E-state index in [2.05, 4.69) is 15.6 Å². The summed E-state index contributed by atoms with van der Waals surface area (Å²) in [7, 11) is 3.58. The fraction of sp³-hybridized carbons (Fsp3) is 0.312. The van der Waals surface area contributed by atoms with Gasteiger partial charge in [-0.2, -0.15) is 5.01 Å². The minimum absolute atomic E-state index is 0.0907. The first-order chi connectivity index (χ1) is 12.5. The van der Waals surface area contributed by atoms with Crippen molar-refractivity contribution in [1.29, 1.82) is 0 Å². The predicted octanol–water partition coefficient (Wildman–Crippen LogP) is 0.620. The molecule has 0 spiro atoms. The average molecular weight is 375 g/mol. The molecule has 1 amide bonds. The Kier molecular flexibility index (Phi) is 5.21. The lowest BCUT2D eigenvalue weighted by Crippen LogP contribution is -2.53. The second-order valence-corrected chi connectivity index (χ2v) is 6.57. The first-order valence-electron chi connectivity index (χ1n) is 7.98. The molecule has 1 aromatic carbocycles. The topological polar surface area (TPSA) is 97.1 Å². The zero-order chi connectivity index (χ0) is 18.7. The maximum Gasteiger partial charge on any atom is 0.305 e. The molecule has 0 aliphatic heterocycles. The number of aromatic nitrogens is 4. The Bertz CT molecular complexity index is 997. The molecule has 26 heavy (non-hydrogen) atoms. The van der Waals surface area contributed by atoms with Gasteiger partial charge >= 0.3 is 5.88 Å². The summed E-state index contributed by atoms with van der Waals surface area (Å²) in [6.45, 7) is 2.35. The largest absolute Gasteiger partial charge is 0.305 e. The van der Waals surface area contributed by atoms with Gasteiger partial charge in [-0.15, -0.1) is 0 Å². The summed E-state index contributed by atoms with van der Waals surface area (Å²) in [5, 5.41) is 9.14. The van der Waals surface area contributed by atoms with Crippen molar-refractivity contribution in [1.82, 2.24) is 14.8 Å². The van der Waals surface area contributed by atoms with E-state index in [1.165, 1.54) is 16.6 Å². The third-order valence-electron chi connectivity index (χ3n) is 3.60. The fourth-order valence-corrected chi connectivity index (χ4v) is 3.18. The van der Waals surface area contributed by atoms with Gasteiger partial charge in [-0.3, -0.25) is 24.0 Å². The van der Waals surface area contributed by atoms with Gasteiger partial charge in [-0.1, -0.05) is 23.9 Å². The summed E-state index contributed by atoms with van der Waals surface area (Å²) in [5.74, 6) is 0.0544. The lowest BCUT2D eigenvalue weighted by atomic mass is 10.2. The number of benzene rings is 1. The summed E-state index contributed by atoms with van der Waals surface area (Å²) < 4.78 is 6.59. The van der Waals surface area contributed by atoms with Crippen molar-refractivity contribution in [3.63, 3.8) is 0 Å². The highest BCUT2D eigenvalue weighted by Gasteiger charge is 2.17. The van der Waals surface area contributed by atoms with Crippen LogP contribution in [0.25, 0.3) is 10.9 Å². The van der Waals surface area contributed by atoms with E-state index in [0.717, 1.165) is 0 Å². The summed E-state index contributed by atoms with van der Waals surface area (Å²) in [6, 6.07) is 7.18. The maximum atomic E-state index is 12.6. The molecular formula is C16H19N6O3S+. The Hall–Kier alpha value is -2.88. The highest BCUT2D eigenvalue weighted by atomic mass is 32.2. The SMILES string of the molecule is CCn1c(SCC(=O)Nc2c[n+](N(C)C)no2)nc2ccccc2c1=O. The van der Waals surface area contributed by atoms with Gasteiger partial charge in [0.15, 0.2) is 5.16 Å². The van der Waals surface area contributed by atoms with Gasteiger partial charge in [-0.25, -0.2) is 4.98 Å². The van der Waals surface area contributed by atoms with E-state index in [4.69, 9.17) is 4.52 Å². The third-order valence-corrected chi connectivity index (χ3v) is 4.58. The van der Waals surface area contributed by atoms with Gasteiger partial charge in [0.1, 0.15) is 0 Å². The monoisotopic (exact) mass is 375 g/mol. The van der Waals surface area contributed by atoms with Gasteiger partial charge in [-0.05, 0) is 19.1 Å². The van der Waals surface area contributed by atoms with Gasteiger partial charge in [0.25, 0.3) is 11.8 Å². The number of carbonyl (C=O) groups is 1. The van der Waals surface area contributed by atoms with Crippen LogP contribution in [0.3, 0.4) is 0 Å². The Morgan fingerprint density at radius 3 is 2.85 bits per heavy atom. The summed E-state index contributed by atoms with van der Waals surface area (Å²) in [4.78, 5) is 30.7. The van der Waals surface area contributed by atoms with Gasteiger partial charge in [0.2, 0.25) is 11.2 Å². The minimum Gasteiger partial charge on any atom is -0.288 e. The van der Waals surface area contributed by atoms with Crippen LogP contribution in [0.2, 0.25) is 0 Å². The predicted molar refractivity (Wildman–Crippen MR) is 97.8 cm³/mol. The summed E-state index contributed by atoms with van der Waals surface area (Å²) >= 11 is 1.20. The molecule has 0 atom stereocenters. The minimum atomic E-state index is -0.276. The molecule has 0 saturated heterocycles. The highest BCUT2D eigenvalue weighted by Crippen LogP contribution is 2.18. The average Bonchev–Trinajstić information content (AvgIpc) is 3.09. The zero-order valence-corrected chi connectivity index (χ0v) is 15.5. The van der Waals surface area contributed by atoms with Crippen LogP contribution in [0, 0.1) is 0 Å². The normalized spacial score (nSPS) is 10.9. The van der Waals surface area contributed by atoms with Crippen LogP contribution in [-0.2, 0) is 11.3 Å². The number of hydrogen-bond acceptors (Lipinski definition) is 7. The molecule has 2 heterocycles. The highest BCUT2D eigenvalue weighted by molar-refractivity contribution is 7.99. The standard InChI is InChI=1S/C16H18N6O3S/c1-4-21-15(24)11-7-5-6-8-12(11)17-16(21)26-10-13(23)18-14-9-22(19-25-14)20(2)3/h5-9H,4,10H2,1-3H3/p+1. The van der Waals surface area contributed by atoms with E-state index in [1.54, 1.807) is 42.0 Å². The number of carbonyl (C=O) groups excluding carboxylic acids is 1. The van der Waals surface area contributed by atoms with Crippen molar-refractivity contribution in [2.24, 2.45) is 0 Å². The van der Waals surface area contributed by atoms with Crippen molar-refractivity contribution >= 4 is 34.5 Å².